The number of furan rings is 1. The van der Waals surface area contributed by atoms with Crippen LogP contribution >= 0.6 is 0 Å². The van der Waals surface area contributed by atoms with Gasteiger partial charge in [0, 0.05) is 11.1 Å². The smallest absolute Gasteiger partial charge is 0.341 e. The Morgan fingerprint density at radius 1 is 1.19 bits per heavy atom. The third-order valence-corrected chi connectivity index (χ3v) is 4.30. The molecule has 0 fully saturated rings. The number of hydrogen-bond acceptors (Lipinski definition) is 4. The zero-order valence-electron chi connectivity index (χ0n) is 15.5. The minimum atomic E-state index is -1.04. The van der Waals surface area contributed by atoms with Gasteiger partial charge in [-0.05, 0) is 42.7 Å². The monoisotopic (exact) mass is 366 g/mol. The maximum Gasteiger partial charge on any atom is 0.341 e. The molecule has 3 rings (SSSR count). The first kappa shape index (κ1) is 18.6. The lowest BCUT2D eigenvalue weighted by Gasteiger charge is -2.16. The fourth-order valence-corrected chi connectivity index (χ4v) is 3.00. The van der Waals surface area contributed by atoms with E-state index in [0.717, 1.165) is 34.4 Å². The van der Waals surface area contributed by atoms with Crippen molar-refractivity contribution in [1.82, 2.24) is 0 Å². The summed E-state index contributed by atoms with van der Waals surface area (Å²) in [7, 11) is 0. The summed E-state index contributed by atoms with van der Waals surface area (Å²) < 4.78 is 17.2. The molecular weight excluding hydrogens is 344 g/mol. The summed E-state index contributed by atoms with van der Waals surface area (Å²) in [5, 5.41) is 9.72. The first-order valence-corrected chi connectivity index (χ1v) is 8.75. The number of fused-ring (bicyclic) bond motifs is 1. The summed E-state index contributed by atoms with van der Waals surface area (Å²) in [6.45, 7) is 7.78. The van der Waals surface area contributed by atoms with Crippen molar-refractivity contribution in [2.45, 2.75) is 26.9 Å². The first-order valence-electron chi connectivity index (χ1n) is 8.75. The average molecular weight is 366 g/mol. The second-order valence-corrected chi connectivity index (χ2v) is 6.29. The molecule has 5 heteroatoms. The second kappa shape index (κ2) is 7.99. The molecule has 0 bridgehead atoms. The Hall–Kier alpha value is -3.21. The van der Waals surface area contributed by atoms with E-state index in [2.05, 4.69) is 13.5 Å². The van der Waals surface area contributed by atoms with Crippen LogP contribution in [-0.2, 0) is 17.8 Å². The standard InChI is InChI=1S/C22H22O5/c1-4-15-7-5-6-8-19(15)26-12-16-11-18(14(2)3)22-17(9-10-25-22)21(16)27-13-20(23)24/h5-11H,2,4,12-13H2,1,3H3,(H,23,24). The summed E-state index contributed by atoms with van der Waals surface area (Å²) in [6, 6.07) is 11.5. The Bertz CT molecular complexity index is 984. The maximum atomic E-state index is 11.0. The van der Waals surface area contributed by atoms with E-state index < -0.39 is 12.6 Å². The van der Waals surface area contributed by atoms with Gasteiger partial charge in [0.2, 0.25) is 0 Å². The van der Waals surface area contributed by atoms with Crippen LogP contribution in [0, 0.1) is 0 Å². The number of hydrogen-bond donors (Lipinski definition) is 1. The number of allylic oxidation sites excluding steroid dienone is 1. The Kier molecular flexibility index (Phi) is 5.50. The zero-order chi connectivity index (χ0) is 19.4. The summed E-state index contributed by atoms with van der Waals surface area (Å²) in [4.78, 5) is 11.0. The lowest BCUT2D eigenvalue weighted by molar-refractivity contribution is -0.139. The van der Waals surface area contributed by atoms with Crippen LogP contribution in [-0.4, -0.2) is 17.7 Å². The molecule has 140 valence electrons. The van der Waals surface area contributed by atoms with Crippen molar-refractivity contribution in [3.8, 4) is 11.5 Å². The van der Waals surface area contributed by atoms with E-state index in [-0.39, 0.29) is 6.61 Å². The molecule has 0 radical (unpaired) electrons. The van der Waals surface area contributed by atoms with Gasteiger partial charge >= 0.3 is 5.97 Å². The number of para-hydroxylation sites is 1. The highest BCUT2D eigenvalue weighted by atomic mass is 16.5. The fraction of sp³-hybridized carbons (Fsp3) is 0.227. The predicted octanol–water partition coefficient (Wildman–Crippen LogP) is 5.07. The van der Waals surface area contributed by atoms with Crippen LogP contribution in [0.1, 0.15) is 30.5 Å². The van der Waals surface area contributed by atoms with Crippen molar-refractivity contribution in [3.05, 3.63) is 65.9 Å². The number of rotatable bonds is 8. The van der Waals surface area contributed by atoms with Gasteiger partial charge in [-0.1, -0.05) is 31.7 Å². The molecule has 0 aliphatic carbocycles. The second-order valence-electron chi connectivity index (χ2n) is 6.29. The minimum absolute atomic E-state index is 0.243. The molecule has 3 aromatic rings. The van der Waals surface area contributed by atoms with Crippen molar-refractivity contribution >= 4 is 22.5 Å². The highest BCUT2D eigenvalue weighted by molar-refractivity contribution is 5.94. The number of ether oxygens (including phenoxy) is 2. The molecule has 0 aliphatic heterocycles. The van der Waals surface area contributed by atoms with E-state index in [0.29, 0.717) is 16.7 Å². The molecule has 1 N–H and O–H groups in total. The molecule has 1 aromatic heterocycles. The lowest BCUT2D eigenvalue weighted by Crippen LogP contribution is -2.12. The Morgan fingerprint density at radius 2 is 1.96 bits per heavy atom. The van der Waals surface area contributed by atoms with Crippen LogP contribution in [0.3, 0.4) is 0 Å². The van der Waals surface area contributed by atoms with Gasteiger partial charge in [-0.3, -0.25) is 0 Å². The van der Waals surface area contributed by atoms with Gasteiger partial charge in [0.25, 0.3) is 0 Å². The topological polar surface area (TPSA) is 68.9 Å². The molecule has 1 heterocycles. The maximum absolute atomic E-state index is 11.0. The van der Waals surface area contributed by atoms with Gasteiger partial charge in [-0.2, -0.15) is 0 Å². The van der Waals surface area contributed by atoms with E-state index in [9.17, 15) is 4.79 Å². The quantitative estimate of drug-likeness (QED) is 0.603. The van der Waals surface area contributed by atoms with E-state index in [1.54, 1.807) is 12.3 Å². The van der Waals surface area contributed by atoms with Crippen LogP contribution in [0.4, 0.5) is 0 Å². The van der Waals surface area contributed by atoms with E-state index in [4.69, 9.17) is 19.0 Å². The summed E-state index contributed by atoms with van der Waals surface area (Å²) in [5.41, 5.74) is 4.17. The minimum Gasteiger partial charge on any atom is -0.488 e. The molecule has 0 aliphatic rings. The van der Waals surface area contributed by atoms with Crippen molar-refractivity contribution < 1.29 is 23.8 Å². The highest BCUT2D eigenvalue weighted by Crippen LogP contribution is 2.37. The molecule has 0 atom stereocenters. The molecule has 0 saturated carbocycles. The van der Waals surface area contributed by atoms with Crippen molar-refractivity contribution in [1.29, 1.82) is 0 Å². The number of aryl methyl sites for hydroxylation is 1. The van der Waals surface area contributed by atoms with Crippen LogP contribution in [0.5, 0.6) is 11.5 Å². The third-order valence-electron chi connectivity index (χ3n) is 4.30. The molecule has 0 spiro atoms. The molecule has 0 saturated heterocycles. The first-order chi connectivity index (χ1) is 13.0. The van der Waals surface area contributed by atoms with Crippen molar-refractivity contribution in [2.75, 3.05) is 6.61 Å². The van der Waals surface area contributed by atoms with Crippen LogP contribution in [0.2, 0.25) is 0 Å². The Labute approximate surface area is 157 Å². The summed E-state index contributed by atoms with van der Waals surface area (Å²) in [5.74, 6) is 0.215. The van der Waals surface area contributed by atoms with Crippen molar-refractivity contribution in [2.24, 2.45) is 0 Å². The third kappa shape index (κ3) is 3.97. The van der Waals surface area contributed by atoms with Crippen LogP contribution < -0.4 is 9.47 Å². The van der Waals surface area contributed by atoms with Crippen LogP contribution in [0.25, 0.3) is 16.5 Å². The predicted molar refractivity (Wildman–Crippen MR) is 104 cm³/mol. The van der Waals surface area contributed by atoms with Gasteiger partial charge in [-0.15, -0.1) is 0 Å². The van der Waals surface area contributed by atoms with E-state index >= 15 is 0 Å². The average Bonchev–Trinajstić information content (AvgIpc) is 3.13. The van der Waals surface area contributed by atoms with Gasteiger partial charge in [0.1, 0.15) is 23.7 Å². The number of aliphatic carboxylic acids is 1. The number of carboxylic acids is 1. The Balaban J connectivity index is 2.02. The molecule has 5 nitrogen and oxygen atoms in total. The van der Waals surface area contributed by atoms with E-state index in [1.807, 2.05) is 37.3 Å². The van der Waals surface area contributed by atoms with Gasteiger partial charge in [0.15, 0.2) is 6.61 Å². The molecule has 2 aromatic carbocycles. The van der Waals surface area contributed by atoms with Gasteiger partial charge in [-0.25, -0.2) is 4.79 Å². The SMILES string of the molecule is C=C(C)c1cc(COc2ccccc2CC)c(OCC(=O)O)c2ccoc12. The molecule has 0 amide bonds. The number of carboxylic acid groups (broad SMARTS) is 1. The number of carbonyl (C=O) groups is 1. The van der Waals surface area contributed by atoms with Gasteiger partial charge < -0.3 is 19.0 Å². The van der Waals surface area contributed by atoms with Gasteiger partial charge in [0.05, 0.1) is 11.6 Å². The largest absolute Gasteiger partial charge is 0.488 e. The highest BCUT2D eigenvalue weighted by Gasteiger charge is 2.18. The lowest BCUT2D eigenvalue weighted by atomic mass is 10.0. The summed E-state index contributed by atoms with van der Waals surface area (Å²) >= 11 is 0. The molecule has 27 heavy (non-hydrogen) atoms. The number of benzene rings is 2. The normalized spacial score (nSPS) is 10.7. The summed E-state index contributed by atoms with van der Waals surface area (Å²) in [6.07, 6.45) is 2.41. The Morgan fingerprint density at radius 3 is 2.67 bits per heavy atom. The fourth-order valence-electron chi connectivity index (χ4n) is 3.00. The molecule has 0 unspecified atom stereocenters. The zero-order valence-corrected chi connectivity index (χ0v) is 15.5. The van der Waals surface area contributed by atoms with Crippen LogP contribution in [0.15, 0.2) is 53.7 Å². The molecular formula is C22H22O5. The van der Waals surface area contributed by atoms with Crippen molar-refractivity contribution in [3.63, 3.8) is 0 Å². The van der Waals surface area contributed by atoms with E-state index in [1.165, 1.54) is 0 Å².